The molecular formula is C19H22N2O6. The monoisotopic (exact) mass is 374 g/mol. The molecule has 0 aliphatic heterocycles. The minimum Gasteiger partial charge on any atom is -0.493 e. The summed E-state index contributed by atoms with van der Waals surface area (Å²) in [4.78, 5) is 23.5. The zero-order valence-corrected chi connectivity index (χ0v) is 15.6. The second kappa shape index (κ2) is 8.79. The molecule has 0 saturated heterocycles. The molecule has 144 valence electrons. The van der Waals surface area contributed by atoms with Gasteiger partial charge in [0.1, 0.15) is 0 Å². The van der Waals surface area contributed by atoms with Crippen molar-refractivity contribution in [1.29, 1.82) is 0 Å². The fraction of sp³-hybridized carbons (Fsp3) is 0.263. The van der Waals surface area contributed by atoms with Gasteiger partial charge in [-0.05, 0) is 36.8 Å². The molecular weight excluding hydrogens is 352 g/mol. The van der Waals surface area contributed by atoms with Gasteiger partial charge in [0.25, 0.3) is 11.8 Å². The van der Waals surface area contributed by atoms with E-state index in [1.54, 1.807) is 25.3 Å². The third kappa shape index (κ3) is 4.81. The fourth-order valence-electron chi connectivity index (χ4n) is 2.39. The Bertz CT molecular complexity index is 850. The topological polar surface area (TPSA) is 109 Å². The number of primary amides is 1. The van der Waals surface area contributed by atoms with Gasteiger partial charge in [0.15, 0.2) is 29.6 Å². The van der Waals surface area contributed by atoms with Crippen molar-refractivity contribution >= 4 is 17.5 Å². The molecule has 0 heterocycles. The van der Waals surface area contributed by atoms with Crippen LogP contribution in [0.1, 0.15) is 15.9 Å². The van der Waals surface area contributed by atoms with Crippen molar-refractivity contribution in [3.63, 3.8) is 0 Å². The van der Waals surface area contributed by atoms with Crippen molar-refractivity contribution in [2.75, 3.05) is 33.3 Å². The van der Waals surface area contributed by atoms with Crippen molar-refractivity contribution in [2.45, 2.75) is 6.92 Å². The molecule has 0 aliphatic carbocycles. The first kappa shape index (κ1) is 19.9. The lowest BCUT2D eigenvalue weighted by Crippen LogP contribution is -2.20. The maximum absolute atomic E-state index is 12.6. The van der Waals surface area contributed by atoms with E-state index in [1.807, 2.05) is 6.92 Å². The molecule has 2 rings (SSSR count). The second-order valence-corrected chi connectivity index (χ2v) is 5.60. The highest BCUT2D eigenvalue weighted by Crippen LogP contribution is 2.33. The molecule has 2 aromatic carbocycles. The molecule has 8 nitrogen and oxygen atoms in total. The number of carbonyl (C=O) groups excluding carboxylic acids is 2. The highest BCUT2D eigenvalue weighted by molar-refractivity contribution is 6.05. The number of nitrogens with two attached hydrogens (primary N) is 1. The lowest BCUT2D eigenvalue weighted by Gasteiger charge is -2.14. The second-order valence-electron chi connectivity index (χ2n) is 5.60. The largest absolute Gasteiger partial charge is 0.493 e. The summed E-state index contributed by atoms with van der Waals surface area (Å²) in [7, 11) is 4.50. The normalized spacial score (nSPS) is 10.1. The van der Waals surface area contributed by atoms with Gasteiger partial charge in [-0.2, -0.15) is 0 Å². The van der Waals surface area contributed by atoms with Gasteiger partial charge >= 0.3 is 0 Å². The van der Waals surface area contributed by atoms with Crippen molar-refractivity contribution in [3.8, 4) is 23.0 Å². The SMILES string of the molecule is COc1cc(C)c(NC(=O)c2ccc(OCC(N)=O)c(OC)c2)cc1OC. The van der Waals surface area contributed by atoms with Crippen LogP contribution < -0.4 is 30.0 Å². The van der Waals surface area contributed by atoms with Gasteiger partial charge in [0.2, 0.25) is 0 Å². The first-order valence-corrected chi connectivity index (χ1v) is 8.02. The van der Waals surface area contributed by atoms with Gasteiger partial charge in [-0.25, -0.2) is 0 Å². The van der Waals surface area contributed by atoms with Crippen molar-refractivity contribution in [2.24, 2.45) is 5.73 Å². The standard InChI is InChI=1S/C19H22N2O6/c1-11-7-15(24-2)17(26-4)9-13(11)21-19(23)12-5-6-14(16(8-12)25-3)27-10-18(20)22/h5-9H,10H2,1-4H3,(H2,20,22)(H,21,23). The van der Waals surface area contributed by atoms with Crippen LogP contribution in [0.4, 0.5) is 5.69 Å². The average molecular weight is 374 g/mol. The molecule has 27 heavy (non-hydrogen) atoms. The van der Waals surface area contributed by atoms with Crippen LogP contribution in [-0.4, -0.2) is 39.8 Å². The Morgan fingerprint density at radius 2 is 1.52 bits per heavy atom. The highest BCUT2D eigenvalue weighted by atomic mass is 16.5. The predicted molar refractivity (Wildman–Crippen MR) is 99.9 cm³/mol. The molecule has 0 aliphatic rings. The van der Waals surface area contributed by atoms with Crippen LogP contribution in [0.25, 0.3) is 0 Å². The van der Waals surface area contributed by atoms with E-state index in [1.165, 1.54) is 26.4 Å². The van der Waals surface area contributed by atoms with Crippen LogP contribution in [0, 0.1) is 6.92 Å². The molecule has 0 bridgehead atoms. The third-order valence-electron chi connectivity index (χ3n) is 3.77. The van der Waals surface area contributed by atoms with Crippen LogP contribution >= 0.6 is 0 Å². The van der Waals surface area contributed by atoms with Gasteiger partial charge in [-0.15, -0.1) is 0 Å². The number of methoxy groups -OCH3 is 3. The maximum Gasteiger partial charge on any atom is 0.255 e. The zero-order chi connectivity index (χ0) is 20.0. The summed E-state index contributed by atoms with van der Waals surface area (Å²) >= 11 is 0. The van der Waals surface area contributed by atoms with E-state index < -0.39 is 5.91 Å². The van der Waals surface area contributed by atoms with E-state index in [0.29, 0.717) is 34.2 Å². The molecule has 0 aromatic heterocycles. The first-order valence-electron chi connectivity index (χ1n) is 8.02. The fourth-order valence-corrected chi connectivity index (χ4v) is 2.39. The minimum atomic E-state index is -0.609. The van der Waals surface area contributed by atoms with E-state index in [0.717, 1.165) is 5.56 Å². The smallest absolute Gasteiger partial charge is 0.255 e. The van der Waals surface area contributed by atoms with Crippen LogP contribution in [0.5, 0.6) is 23.0 Å². The molecule has 2 aromatic rings. The van der Waals surface area contributed by atoms with Crippen molar-refractivity contribution in [1.82, 2.24) is 0 Å². The number of benzene rings is 2. The lowest BCUT2D eigenvalue weighted by atomic mass is 10.1. The van der Waals surface area contributed by atoms with Gasteiger partial charge in [-0.3, -0.25) is 9.59 Å². The summed E-state index contributed by atoms with van der Waals surface area (Å²) in [5.41, 5.74) is 6.82. The summed E-state index contributed by atoms with van der Waals surface area (Å²) in [5, 5.41) is 2.83. The van der Waals surface area contributed by atoms with E-state index >= 15 is 0 Å². The number of aryl methyl sites for hydroxylation is 1. The van der Waals surface area contributed by atoms with Gasteiger partial charge < -0.3 is 30.0 Å². The molecule has 0 radical (unpaired) electrons. The Morgan fingerprint density at radius 1 is 0.926 bits per heavy atom. The number of rotatable bonds is 8. The van der Waals surface area contributed by atoms with Crippen LogP contribution in [0.15, 0.2) is 30.3 Å². The molecule has 0 unspecified atom stereocenters. The van der Waals surface area contributed by atoms with Crippen LogP contribution in [0.3, 0.4) is 0 Å². The number of amides is 2. The Kier molecular flexibility index (Phi) is 6.48. The van der Waals surface area contributed by atoms with E-state index in [4.69, 9.17) is 24.7 Å². The number of hydrogen-bond acceptors (Lipinski definition) is 6. The Morgan fingerprint density at radius 3 is 2.11 bits per heavy atom. The zero-order valence-electron chi connectivity index (χ0n) is 15.6. The van der Waals surface area contributed by atoms with Crippen LogP contribution in [-0.2, 0) is 4.79 Å². The lowest BCUT2D eigenvalue weighted by molar-refractivity contribution is -0.119. The molecule has 0 fully saturated rings. The number of anilines is 1. The Hall–Kier alpha value is -3.42. The summed E-state index contributed by atoms with van der Waals surface area (Å²) in [6.07, 6.45) is 0. The van der Waals surface area contributed by atoms with E-state index in [-0.39, 0.29) is 12.5 Å². The first-order chi connectivity index (χ1) is 12.9. The Labute approximate surface area is 157 Å². The molecule has 2 amide bonds. The number of hydrogen-bond donors (Lipinski definition) is 2. The molecule has 0 saturated carbocycles. The molecule has 0 atom stereocenters. The van der Waals surface area contributed by atoms with E-state index in [9.17, 15) is 9.59 Å². The van der Waals surface area contributed by atoms with Crippen LogP contribution in [0.2, 0.25) is 0 Å². The number of ether oxygens (including phenoxy) is 4. The number of carbonyl (C=O) groups is 2. The quantitative estimate of drug-likeness (QED) is 0.733. The van der Waals surface area contributed by atoms with Gasteiger partial charge in [-0.1, -0.05) is 0 Å². The van der Waals surface area contributed by atoms with E-state index in [2.05, 4.69) is 5.32 Å². The third-order valence-corrected chi connectivity index (χ3v) is 3.77. The minimum absolute atomic E-state index is 0.285. The summed E-state index contributed by atoms with van der Waals surface area (Å²) in [6.45, 7) is 1.56. The average Bonchev–Trinajstić information content (AvgIpc) is 2.67. The molecule has 3 N–H and O–H groups in total. The van der Waals surface area contributed by atoms with Gasteiger partial charge in [0, 0.05) is 17.3 Å². The Balaban J connectivity index is 2.24. The summed E-state index contributed by atoms with van der Waals surface area (Å²) in [6, 6.07) is 8.08. The maximum atomic E-state index is 12.6. The highest BCUT2D eigenvalue weighted by Gasteiger charge is 2.15. The van der Waals surface area contributed by atoms with Gasteiger partial charge in [0.05, 0.1) is 21.3 Å². The van der Waals surface area contributed by atoms with Crippen molar-refractivity contribution in [3.05, 3.63) is 41.5 Å². The predicted octanol–water partition coefficient (Wildman–Crippen LogP) is 2.14. The number of nitrogens with one attached hydrogen (secondary N) is 1. The molecule has 8 heteroatoms. The molecule has 0 spiro atoms. The summed E-state index contributed by atoms with van der Waals surface area (Å²) < 4.78 is 21.0. The summed E-state index contributed by atoms with van der Waals surface area (Å²) in [5.74, 6) is 0.757. The van der Waals surface area contributed by atoms with Crippen molar-refractivity contribution < 1.29 is 28.5 Å².